The third-order valence-electron chi connectivity index (χ3n) is 2.84. The van der Waals surface area contributed by atoms with Crippen LogP contribution in [-0.2, 0) is 0 Å². The van der Waals surface area contributed by atoms with Gasteiger partial charge in [0.2, 0.25) is 5.88 Å². The summed E-state index contributed by atoms with van der Waals surface area (Å²) in [7, 11) is 1.64. The Kier molecular flexibility index (Phi) is 3.56. The average Bonchev–Trinajstić information content (AvgIpc) is 2.58. The van der Waals surface area contributed by atoms with Crippen LogP contribution in [0.3, 0.4) is 0 Å². The van der Waals surface area contributed by atoms with Gasteiger partial charge in [0.25, 0.3) is 0 Å². The van der Waals surface area contributed by atoms with Crippen LogP contribution in [-0.4, -0.2) is 43.3 Å². The van der Waals surface area contributed by atoms with Gasteiger partial charge in [0.05, 0.1) is 12.7 Å². The van der Waals surface area contributed by atoms with Crippen LogP contribution in [0.25, 0.3) is 0 Å². The van der Waals surface area contributed by atoms with Crippen molar-refractivity contribution in [3.05, 3.63) is 11.9 Å². The molecule has 0 spiro atoms. The Morgan fingerprint density at radius 3 is 3.00 bits per heavy atom. The Bertz CT molecular complexity index is 348. The molecule has 1 saturated heterocycles. The smallest absolute Gasteiger partial charge is 0.221 e. The quantitative estimate of drug-likeness (QED) is 0.794. The summed E-state index contributed by atoms with van der Waals surface area (Å²) in [6, 6.07) is 0. The monoisotopic (exact) mass is 222 g/mol. The molecule has 1 aliphatic heterocycles. The van der Waals surface area contributed by atoms with E-state index in [0.717, 1.165) is 44.0 Å². The van der Waals surface area contributed by atoms with E-state index in [2.05, 4.69) is 20.2 Å². The predicted octanol–water partition coefficient (Wildman–Crippen LogP) is 0.593. The maximum Gasteiger partial charge on any atom is 0.221 e. The lowest BCUT2D eigenvalue weighted by Crippen LogP contribution is -2.29. The number of anilines is 1. The summed E-state index contributed by atoms with van der Waals surface area (Å²) < 4.78 is 5.21. The van der Waals surface area contributed by atoms with E-state index in [-0.39, 0.29) is 0 Å². The van der Waals surface area contributed by atoms with E-state index in [4.69, 9.17) is 4.74 Å². The molecule has 5 heteroatoms. The lowest BCUT2D eigenvalue weighted by Gasteiger charge is -2.23. The van der Waals surface area contributed by atoms with Crippen LogP contribution >= 0.6 is 0 Å². The van der Waals surface area contributed by atoms with Crippen molar-refractivity contribution in [1.29, 1.82) is 0 Å². The Hall–Kier alpha value is -1.36. The molecule has 0 radical (unpaired) electrons. The molecule has 1 aliphatic rings. The van der Waals surface area contributed by atoms with E-state index in [1.54, 1.807) is 13.4 Å². The third kappa shape index (κ3) is 2.24. The molecule has 0 aliphatic carbocycles. The molecule has 5 nitrogen and oxygen atoms in total. The number of nitrogens with zero attached hydrogens (tertiary/aromatic N) is 3. The molecule has 16 heavy (non-hydrogen) atoms. The Balaban J connectivity index is 2.24. The maximum atomic E-state index is 5.21. The van der Waals surface area contributed by atoms with Gasteiger partial charge in [-0.25, -0.2) is 9.97 Å². The normalized spacial score (nSPS) is 17.0. The van der Waals surface area contributed by atoms with Crippen molar-refractivity contribution in [3.8, 4) is 5.88 Å². The fraction of sp³-hybridized carbons (Fsp3) is 0.636. The van der Waals surface area contributed by atoms with Gasteiger partial charge in [-0.3, -0.25) is 0 Å². The molecule has 2 rings (SSSR count). The second kappa shape index (κ2) is 5.12. The van der Waals surface area contributed by atoms with Crippen LogP contribution in [0.15, 0.2) is 6.33 Å². The van der Waals surface area contributed by atoms with E-state index >= 15 is 0 Å². The van der Waals surface area contributed by atoms with Crippen molar-refractivity contribution < 1.29 is 4.74 Å². The molecule has 1 fully saturated rings. The Labute approximate surface area is 95.8 Å². The first-order valence-electron chi connectivity index (χ1n) is 5.64. The molecule has 0 unspecified atom stereocenters. The van der Waals surface area contributed by atoms with Crippen LogP contribution < -0.4 is 15.0 Å². The van der Waals surface area contributed by atoms with E-state index in [1.165, 1.54) is 0 Å². The number of ether oxygens (including phenoxy) is 1. The lowest BCUT2D eigenvalue weighted by molar-refractivity contribution is 0.393. The number of rotatable bonds is 2. The van der Waals surface area contributed by atoms with Crippen LogP contribution in [0.2, 0.25) is 0 Å². The van der Waals surface area contributed by atoms with Crippen molar-refractivity contribution in [1.82, 2.24) is 15.3 Å². The van der Waals surface area contributed by atoms with Gasteiger partial charge in [-0.15, -0.1) is 0 Å². The molecular weight excluding hydrogens is 204 g/mol. The van der Waals surface area contributed by atoms with Gasteiger partial charge in [-0.1, -0.05) is 0 Å². The molecule has 88 valence electrons. The summed E-state index contributed by atoms with van der Waals surface area (Å²) in [4.78, 5) is 10.8. The summed E-state index contributed by atoms with van der Waals surface area (Å²) in [5.74, 6) is 1.66. The highest BCUT2D eigenvalue weighted by Gasteiger charge is 2.15. The largest absolute Gasteiger partial charge is 0.481 e. The number of aromatic nitrogens is 2. The van der Waals surface area contributed by atoms with Crippen LogP contribution in [0.1, 0.15) is 12.0 Å². The fourth-order valence-corrected chi connectivity index (χ4v) is 2.01. The zero-order chi connectivity index (χ0) is 11.4. The van der Waals surface area contributed by atoms with Gasteiger partial charge < -0.3 is 15.0 Å². The minimum absolute atomic E-state index is 0.669. The maximum absolute atomic E-state index is 5.21. The van der Waals surface area contributed by atoms with E-state index in [9.17, 15) is 0 Å². The summed E-state index contributed by atoms with van der Waals surface area (Å²) >= 11 is 0. The Morgan fingerprint density at radius 2 is 2.19 bits per heavy atom. The zero-order valence-electron chi connectivity index (χ0n) is 9.86. The average molecular weight is 222 g/mol. The first-order chi connectivity index (χ1) is 7.83. The second-order valence-corrected chi connectivity index (χ2v) is 3.92. The molecule has 0 saturated carbocycles. The number of nitrogens with one attached hydrogen (secondary N) is 1. The first kappa shape index (κ1) is 11.1. The van der Waals surface area contributed by atoms with Gasteiger partial charge in [-0.05, 0) is 19.9 Å². The highest BCUT2D eigenvalue weighted by Crippen LogP contribution is 2.23. The van der Waals surface area contributed by atoms with Gasteiger partial charge in [0.15, 0.2) is 0 Å². The predicted molar refractivity (Wildman–Crippen MR) is 63.0 cm³/mol. The molecule has 0 bridgehead atoms. The number of hydrogen-bond acceptors (Lipinski definition) is 5. The molecule has 0 aromatic carbocycles. The third-order valence-corrected chi connectivity index (χ3v) is 2.84. The Morgan fingerprint density at radius 1 is 1.31 bits per heavy atom. The molecule has 1 N–H and O–H groups in total. The fourth-order valence-electron chi connectivity index (χ4n) is 2.01. The van der Waals surface area contributed by atoms with Crippen molar-refractivity contribution in [3.63, 3.8) is 0 Å². The topological polar surface area (TPSA) is 50.3 Å². The summed E-state index contributed by atoms with van der Waals surface area (Å²) in [5.41, 5.74) is 1.02. The van der Waals surface area contributed by atoms with Crippen LogP contribution in [0.5, 0.6) is 5.88 Å². The molecule has 2 heterocycles. The first-order valence-corrected chi connectivity index (χ1v) is 5.64. The molecule has 1 aromatic rings. The van der Waals surface area contributed by atoms with Crippen molar-refractivity contribution in [2.75, 3.05) is 38.2 Å². The number of methoxy groups -OCH3 is 1. The van der Waals surface area contributed by atoms with Crippen molar-refractivity contribution >= 4 is 5.82 Å². The molecule has 1 aromatic heterocycles. The van der Waals surface area contributed by atoms with E-state index in [1.807, 2.05) is 6.92 Å². The highest BCUT2D eigenvalue weighted by molar-refractivity contribution is 5.50. The summed E-state index contributed by atoms with van der Waals surface area (Å²) in [6.45, 7) is 6.12. The van der Waals surface area contributed by atoms with Crippen LogP contribution in [0, 0.1) is 6.92 Å². The minimum atomic E-state index is 0.669. The minimum Gasteiger partial charge on any atom is -0.481 e. The summed E-state index contributed by atoms with van der Waals surface area (Å²) in [5, 5.41) is 3.38. The number of hydrogen-bond donors (Lipinski definition) is 1. The lowest BCUT2D eigenvalue weighted by atomic mass is 10.3. The van der Waals surface area contributed by atoms with Crippen molar-refractivity contribution in [2.24, 2.45) is 0 Å². The van der Waals surface area contributed by atoms with Gasteiger partial charge in [-0.2, -0.15) is 0 Å². The van der Waals surface area contributed by atoms with Crippen LogP contribution in [0.4, 0.5) is 5.82 Å². The summed E-state index contributed by atoms with van der Waals surface area (Å²) in [6.07, 6.45) is 2.71. The van der Waals surface area contributed by atoms with Gasteiger partial charge in [0, 0.05) is 19.6 Å². The van der Waals surface area contributed by atoms with Gasteiger partial charge >= 0.3 is 0 Å². The van der Waals surface area contributed by atoms with Gasteiger partial charge in [0.1, 0.15) is 12.1 Å². The van der Waals surface area contributed by atoms with E-state index < -0.39 is 0 Å². The molecule has 0 amide bonds. The van der Waals surface area contributed by atoms with Crippen molar-refractivity contribution in [2.45, 2.75) is 13.3 Å². The molecular formula is C11H18N4O. The molecule has 0 atom stereocenters. The standard InChI is InChI=1S/C11H18N4O/c1-9-10(13-8-14-11(9)16-2)15-6-3-4-12-5-7-15/h8,12H,3-7H2,1-2H3. The second-order valence-electron chi connectivity index (χ2n) is 3.92. The van der Waals surface area contributed by atoms with E-state index in [0.29, 0.717) is 5.88 Å². The highest BCUT2D eigenvalue weighted by atomic mass is 16.5. The SMILES string of the molecule is COc1ncnc(N2CCCNCC2)c1C. The zero-order valence-corrected chi connectivity index (χ0v) is 9.86.